The summed E-state index contributed by atoms with van der Waals surface area (Å²) in [7, 11) is 6.42. The van der Waals surface area contributed by atoms with Crippen molar-refractivity contribution in [3.8, 4) is 17.2 Å². The van der Waals surface area contributed by atoms with E-state index >= 15 is 0 Å². The molecule has 116 valence electrons. The number of hydrogen-bond donors (Lipinski definition) is 0. The smallest absolute Gasteiger partial charge is 0.258 e. The fourth-order valence-corrected chi connectivity index (χ4v) is 2.10. The summed E-state index contributed by atoms with van der Waals surface area (Å²) < 4.78 is 15.6. The number of rotatable bonds is 5. The molecule has 2 aromatic rings. The molecule has 0 aliphatic rings. The lowest BCUT2D eigenvalue weighted by Gasteiger charge is -2.19. The predicted molar refractivity (Wildman–Crippen MR) is 85.3 cm³/mol. The van der Waals surface area contributed by atoms with Crippen LogP contribution in [0.1, 0.15) is 10.4 Å². The van der Waals surface area contributed by atoms with Gasteiger partial charge in [-0.2, -0.15) is 0 Å². The maximum atomic E-state index is 12.6. The van der Waals surface area contributed by atoms with Gasteiger partial charge in [-0.3, -0.25) is 4.79 Å². The number of amides is 1. The maximum absolute atomic E-state index is 12.6. The molecule has 0 heterocycles. The molecule has 2 rings (SSSR count). The summed E-state index contributed by atoms with van der Waals surface area (Å²) in [6, 6.07) is 12.4. The fraction of sp³-hybridized carbons (Fsp3) is 0.235. The maximum Gasteiger partial charge on any atom is 0.258 e. The summed E-state index contributed by atoms with van der Waals surface area (Å²) >= 11 is 0. The van der Waals surface area contributed by atoms with Crippen LogP contribution in [0.15, 0.2) is 42.5 Å². The Morgan fingerprint density at radius 1 is 0.909 bits per heavy atom. The molecule has 0 aromatic heterocycles. The highest BCUT2D eigenvalue weighted by molar-refractivity contribution is 6.06. The second-order valence-corrected chi connectivity index (χ2v) is 4.64. The standard InChI is InChI=1S/C17H19NO4/c1-18(13-8-9-15(21-3)16(11-13)22-4)17(19)12-6-5-7-14(10-12)20-2/h5-11H,1-4H3. The lowest BCUT2D eigenvalue weighted by molar-refractivity contribution is 0.0992. The van der Waals surface area contributed by atoms with Crippen LogP contribution in [0.5, 0.6) is 17.2 Å². The summed E-state index contributed by atoms with van der Waals surface area (Å²) in [6.45, 7) is 0. The first kappa shape index (κ1) is 15.7. The van der Waals surface area contributed by atoms with Gasteiger partial charge in [0.05, 0.1) is 21.3 Å². The predicted octanol–water partition coefficient (Wildman–Crippen LogP) is 2.99. The average molecular weight is 301 g/mol. The van der Waals surface area contributed by atoms with Gasteiger partial charge in [-0.05, 0) is 30.3 Å². The summed E-state index contributed by atoms with van der Waals surface area (Å²) in [6.07, 6.45) is 0. The van der Waals surface area contributed by atoms with E-state index in [1.165, 1.54) is 0 Å². The third kappa shape index (κ3) is 3.14. The van der Waals surface area contributed by atoms with Crippen molar-refractivity contribution >= 4 is 11.6 Å². The van der Waals surface area contributed by atoms with Gasteiger partial charge in [-0.25, -0.2) is 0 Å². The molecule has 5 heteroatoms. The Kier molecular flexibility index (Phi) is 4.88. The molecule has 0 unspecified atom stereocenters. The minimum atomic E-state index is -0.133. The number of anilines is 1. The first-order valence-corrected chi connectivity index (χ1v) is 6.75. The molecule has 0 saturated carbocycles. The van der Waals surface area contributed by atoms with Crippen molar-refractivity contribution in [3.63, 3.8) is 0 Å². The van der Waals surface area contributed by atoms with Gasteiger partial charge < -0.3 is 19.1 Å². The van der Waals surface area contributed by atoms with E-state index in [4.69, 9.17) is 14.2 Å². The number of benzene rings is 2. The Morgan fingerprint density at radius 2 is 1.64 bits per heavy atom. The van der Waals surface area contributed by atoms with Crippen LogP contribution in [-0.4, -0.2) is 34.3 Å². The van der Waals surface area contributed by atoms with Gasteiger partial charge in [-0.15, -0.1) is 0 Å². The Morgan fingerprint density at radius 3 is 2.27 bits per heavy atom. The van der Waals surface area contributed by atoms with Crippen LogP contribution in [0, 0.1) is 0 Å². The lowest BCUT2D eigenvalue weighted by atomic mass is 10.1. The number of hydrogen-bond acceptors (Lipinski definition) is 4. The van der Waals surface area contributed by atoms with Crippen molar-refractivity contribution in [1.82, 2.24) is 0 Å². The molecule has 1 amide bonds. The van der Waals surface area contributed by atoms with Gasteiger partial charge >= 0.3 is 0 Å². The second-order valence-electron chi connectivity index (χ2n) is 4.64. The van der Waals surface area contributed by atoms with Gasteiger partial charge in [0, 0.05) is 24.4 Å². The number of methoxy groups -OCH3 is 3. The van der Waals surface area contributed by atoms with E-state index in [0.29, 0.717) is 28.5 Å². The minimum Gasteiger partial charge on any atom is -0.497 e. The highest BCUT2D eigenvalue weighted by Crippen LogP contribution is 2.31. The van der Waals surface area contributed by atoms with Crippen LogP contribution in [0.4, 0.5) is 5.69 Å². The lowest BCUT2D eigenvalue weighted by Crippen LogP contribution is -2.26. The van der Waals surface area contributed by atoms with Crippen LogP contribution >= 0.6 is 0 Å². The molecule has 0 bridgehead atoms. The molecule has 0 spiro atoms. The van der Waals surface area contributed by atoms with Crippen LogP contribution in [0.2, 0.25) is 0 Å². The van der Waals surface area contributed by atoms with E-state index in [2.05, 4.69) is 0 Å². The SMILES string of the molecule is COc1cccc(C(=O)N(C)c2ccc(OC)c(OC)c2)c1. The topological polar surface area (TPSA) is 48.0 Å². The molecular weight excluding hydrogens is 282 g/mol. The fourth-order valence-electron chi connectivity index (χ4n) is 2.10. The van der Waals surface area contributed by atoms with E-state index in [9.17, 15) is 4.79 Å². The Bertz CT molecular complexity index is 669. The second kappa shape index (κ2) is 6.85. The molecule has 22 heavy (non-hydrogen) atoms. The zero-order valence-electron chi connectivity index (χ0n) is 13.1. The molecule has 2 aromatic carbocycles. The van der Waals surface area contributed by atoms with Gasteiger partial charge in [0.25, 0.3) is 5.91 Å². The molecular formula is C17H19NO4. The molecule has 0 fully saturated rings. The Balaban J connectivity index is 2.30. The van der Waals surface area contributed by atoms with Crippen molar-refractivity contribution in [2.75, 3.05) is 33.3 Å². The van der Waals surface area contributed by atoms with Crippen molar-refractivity contribution in [2.24, 2.45) is 0 Å². The van der Waals surface area contributed by atoms with Crippen molar-refractivity contribution in [2.45, 2.75) is 0 Å². The van der Waals surface area contributed by atoms with E-state index in [0.717, 1.165) is 0 Å². The highest BCUT2D eigenvalue weighted by atomic mass is 16.5. The first-order chi connectivity index (χ1) is 10.6. The zero-order valence-corrected chi connectivity index (χ0v) is 13.1. The van der Waals surface area contributed by atoms with Crippen LogP contribution < -0.4 is 19.1 Å². The Labute approximate surface area is 130 Å². The third-order valence-corrected chi connectivity index (χ3v) is 3.38. The largest absolute Gasteiger partial charge is 0.497 e. The summed E-state index contributed by atoms with van der Waals surface area (Å²) in [4.78, 5) is 14.1. The molecule has 0 radical (unpaired) electrons. The summed E-state index contributed by atoms with van der Waals surface area (Å²) in [5, 5.41) is 0. The highest BCUT2D eigenvalue weighted by Gasteiger charge is 2.16. The summed E-state index contributed by atoms with van der Waals surface area (Å²) in [5.41, 5.74) is 1.27. The Hall–Kier alpha value is -2.69. The van der Waals surface area contributed by atoms with Crippen molar-refractivity contribution in [1.29, 1.82) is 0 Å². The minimum absolute atomic E-state index is 0.133. The summed E-state index contributed by atoms with van der Waals surface area (Å²) in [5.74, 6) is 1.71. The molecule has 0 N–H and O–H groups in total. The van der Waals surface area contributed by atoms with Gasteiger partial charge in [0.2, 0.25) is 0 Å². The van der Waals surface area contributed by atoms with Crippen LogP contribution in [-0.2, 0) is 0 Å². The number of ether oxygens (including phenoxy) is 3. The van der Waals surface area contributed by atoms with Crippen molar-refractivity contribution in [3.05, 3.63) is 48.0 Å². The molecule has 0 saturated heterocycles. The van der Waals surface area contributed by atoms with E-state index in [-0.39, 0.29) is 5.91 Å². The van der Waals surface area contributed by atoms with E-state index < -0.39 is 0 Å². The average Bonchev–Trinajstić information content (AvgIpc) is 2.59. The van der Waals surface area contributed by atoms with Crippen LogP contribution in [0.3, 0.4) is 0 Å². The molecule has 0 aliphatic carbocycles. The monoisotopic (exact) mass is 301 g/mol. The zero-order chi connectivity index (χ0) is 16.1. The number of carbonyl (C=O) groups excluding carboxylic acids is 1. The van der Waals surface area contributed by atoms with E-state index in [1.54, 1.807) is 75.7 Å². The van der Waals surface area contributed by atoms with E-state index in [1.807, 2.05) is 0 Å². The number of nitrogens with zero attached hydrogens (tertiary/aromatic N) is 1. The van der Waals surface area contributed by atoms with Crippen LogP contribution in [0.25, 0.3) is 0 Å². The molecule has 5 nitrogen and oxygen atoms in total. The third-order valence-electron chi connectivity index (χ3n) is 3.38. The normalized spacial score (nSPS) is 10.0. The number of carbonyl (C=O) groups is 1. The van der Waals surface area contributed by atoms with Crippen molar-refractivity contribution < 1.29 is 19.0 Å². The molecule has 0 atom stereocenters. The van der Waals surface area contributed by atoms with Gasteiger partial charge in [-0.1, -0.05) is 6.07 Å². The van der Waals surface area contributed by atoms with Gasteiger partial charge in [0.1, 0.15) is 5.75 Å². The quantitative estimate of drug-likeness (QED) is 0.852. The first-order valence-electron chi connectivity index (χ1n) is 6.75. The molecule has 0 aliphatic heterocycles. The van der Waals surface area contributed by atoms with Gasteiger partial charge in [0.15, 0.2) is 11.5 Å².